The molecule has 2 aromatic carbocycles. The summed E-state index contributed by atoms with van der Waals surface area (Å²) in [5.74, 6) is -1.14. The van der Waals surface area contributed by atoms with E-state index in [1.807, 2.05) is 24.3 Å². The Balaban J connectivity index is 2.13. The molecule has 0 aliphatic carbocycles. The first kappa shape index (κ1) is 24.5. The Bertz CT molecular complexity index is 976. The van der Waals surface area contributed by atoms with E-state index >= 15 is 0 Å². The number of ether oxygens (including phenoxy) is 3. The summed E-state index contributed by atoms with van der Waals surface area (Å²) in [4.78, 5) is 0.598. The molecule has 2 aromatic rings. The highest BCUT2D eigenvalue weighted by Crippen LogP contribution is 2.43. The second-order valence-corrected chi connectivity index (χ2v) is 8.33. The average molecular weight is 462 g/mol. The van der Waals surface area contributed by atoms with Crippen LogP contribution in [0.3, 0.4) is 0 Å². The summed E-state index contributed by atoms with van der Waals surface area (Å²) in [6, 6.07) is 13.0. The molecule has 0 unspecified atom stereocenters. The van der Waals surface area contributed by atoms with Gasteiger partial charge in [0, 0.05) is 17.6 Å². The molecule has 32 heavy (non-hydrogen) atoms. The molecule has 4 N–H and O–H groups in total. The fourth-order valence-electron chi connectivity index (χ4n) is 3.92. The van der Waals surface area contributed by atoms with Crippen molar-refractivity contribution in [2.75, 3.05) is 27.1 Å². The number of hydrogen-bond acceptors (Lipinski definition) is 9. The van der Waals surface area contributed by atoms with Crippen molar-refractivity contribution >= 4 is 11.8 Å². The summed E-state index contributed by atoms with van der Waals surface area (Å²) in [5, 5.41) is 50.9. The largest absolute Gasteiger partial charge is 0.497 e. The second kappa shape index (κ2) is 10.2. The van der Waals surface area contributed by atoms with Crippen molar-refractivity contribution in [2.24, 2.45) is 0 Å². The Morgan fingerprint density at radius 2 is 1.81 bits per heavy atom. The number of hydrogen-bond donors (Lipinski definition) is 4. The lowest BCUT2D eigenvalue weighted by Gasteiger charge is -2.48. The summed E-state index contributed by atoms with van der Waals surface area (Å²) in [7, 11) is 2.90. The normalized spacial score (nSPS) is 27.7. The first-order valence-electron chi connectivity index (χ1n) is 9.97. The maximum atomic E-state index is 10.9. The van der Waals surface area contributed by atoms with Crippen molar-refractivity contribution in [1.29, 1.82) is 5.26 Å². The van der Waals surface area contributed by atoms with Gasteiger partial charge in [-0.25, -0.2) is 0 Å². The van der Waals surface area contributed by atoms with Crippen molar-refractivity contribution in [3.8, 4) is 11.8 Å². The Morgan fingerprint density at radius 1 is 1.12 bits per heavy atom. The third-order valence-corrected chi connectivity index (χ3v) is 6.51. The lowest BCUT2D eigenvalue weighted by atomic mass is 9.86. The fourth-order valence-corrected chi connectivity index (χ4v) is 4.58. The standard InChI is InChI=1S/C23H27NO7S/c1-29-16-6-4-13(5-7-16)8-14-9-17(19(32-3)10-15(14)11-24)23(30-2)22(28)21(27)20(26)18(12-25)31-23/h4-7,9-10,18,20-22,25-28H,8,12H2,1-3H3/t18-,20-,21+,22-,23+/m1/s1. The Kier molecular flexibility index (Phi) is 7.79. The number of nitrogens with zero attached hydrogens (tertiary/aromatic N) is 1. The molecule has 9 heteroatoms. The maximum absolute atomic E-state index is 10.9. The van der Waals surface area contributed by atoms with Gasteiger partial charge >= 0.3 is 0 Å². The van der Waals surface area contributed by atoms with Crippen molar-refractivity contribution in [2.45, 2.75) is 41.5 Å². The highest BCUT2D eigenvalue weighted by Gasteiger charge is 2.56. The molecular weight excluding hydrogens is 434 g/mol. The van der Waals surface area contributed by atoms with Crippen molar-refractivity contribution in [1.82, 2.24) is 0 Å². The molecule has 3 rings (SSSR count). The van der Waals surface area contributed by atoms with Gasteiger partial charge in [0.15, 0.2) is 0 Å². The molecule has 1 aliphatic heterocycles. The van der Waals surface area contributed by atoms with Gasteiger partial charge in [0.2, 0.25) is 5.79 Å². The van der Waals surface area contributed by atoms with E-state index in [1.54, 1.807) is 25.5 Å². The topological polar surface area (TPSA) is 132 Å². The van der Waals surface area contributed by atoms with Crippen LogP contribution in [0.15, 0.2) is 41.3 Å². The molecular formula is C23H27NO7S. The van der Waals surface area contributed by atoms with Gasteiger partial charge in [0.1, 0.15) is 30.2 Å². The summed E-state index contributed by atoms with van der Waals surface area (Å²) in [5.41, 5.74) is 2.45. The minimum atomic E-state index is -1.85. The molecule has 0 radical (unpaired) electrons. The summed E-state index contributed by atoms with van der Waals surface area (Å²) in [6.45, 7) is -0.584. The van der Waals surface area contributed by atoms with Gasteiger partial charge in [-0.3, -0.25) is 0 Å². The van der Waals surface area contributed by atoms with Crippen LogP contribution in [0.4, 0.5) is 0 Å². The zero-order valence-electron chi connectivity index (χ0n) is 18.1. The molecule has 0 aromatic heterocycles. The summed E-state index contributed by atoms with van der Waals surface area (Å²) in [6.07, 6.45) is -3.71. The van der Waals surface area contributed by atoms with E-state index in [9.17, 15) is 25.7 Å². The minimum absolute atomic E-state index is 0.395. The van der Waals surface area contributed by atoms with Crippen LogP contribution in [-0.4, -0.2) is 71.9 Å². The number of nitriles is 1. The van der Waals surface area contributed by atoms with Gasteiger partial charge in [-0.2, -0.15) is 5.26 Å². The second-order valence-electron chi connectivity index (χ2n) is 7.48. The molecule has 1 heterocycles. The van der Waals surface area contributed by atoms with Gasteiger partial charge in [-0.15, -0.1) is 11.8 Å². The Hall–Kier alpha value is -2.16. The van der Waals surface area contributed by atoms with E-state index in [0.717, 1.165) is 5.56 Å². The lowest BCUT2D eigenvalue weighted by molar-refractivity contribution is -0.367. The molecule has 0 amide bonds. The summed E-state index contributed by atoms with van der Waals surface area (Å²) < 4.78 is 16.7. The molecule has 0 bridgehead atoms. The fraction of sp³-hybridized carbons (Fsp3) is 0.435. The first-order valence-corrected chi connectivity index (χ1v) is 11.2. The highest BCUT2D eigenvalue weighted by molar-refractivity contribution is 7.98. The maximum Gasteiger partial charge on any atom is 0.225 e. The van der Waals surface area contributed by atoms with Crippen LogP contribution in [0, 0.1) is 11.3 Å². The summed E-state index contributed by atoms with van der Waals surface area (Å²) >= 11 is 1.32. The van der Waals surface area contributed by atoms with Crippen LogP contribution in [0.25, 0.3) is 0 Å². The Morgan fingerprint density at radius 3 is 2.34 bits per heavy atom. The van der Waals surface area contributed by atoms with Crippen LogP contribution in [0.1, 0.15) is 22.3 Å². The zero-order chi connectivity index (χ0) is 23.5. The quantitative estimate of drug-likeness (QED) is 0.448. The van der Waals surface area contributed by atoms with E-state index in [4.69, 9.17) is 14.2 Å². The number of methoxy groups -OCH3 is 2. The zero-order valence-corrected chi connectivity index (χ0v) is 18.9. The van der Waals surface area contributed by atoms with Gasteiger partial charge in [-0.05, 0) is 48.1 Å². The number of aliphatic hydroxyl groups is 4. The number of benzene rings is 2. The van der Waals surface area contributed by atoms with Crippen molar-refractivity contribution in [3.05, 3.63) is 58.7 Å². The number of aliphatic hydroxyl groups excluding tert-OH is 4. The molecule has 1 aliphatic rings. The van der Waals surface area contributed by atoms with Crippen LogP contribution >= 0.6 is 11.8 Å². The van der Waals surface area contributed by atoms with Gasteiger partial charge < -0.3 is 34.6 Å². The van der Waals surface area contributed by atoms with E-state index in [0.29, 0.717) is 33.8 Å². The monoisotopic (exact) mass is 461 g/mol. The van der Waals surface area contributed by atoms with Crippen LogP contribution in [-0.2, 0) is 21.7 Å². The SMILES string of the molecule is COc1ccc(Cc2cc([C@]3(OC)O[C@H](CO)[C@@H](O)[C@H](O)[C@H]3O)c(SC)cc2C#N)cc1. The molecule has 172 valence electrons. The minimum Gasteiger partial charge on any atom is -0.497 e. The predicted molar refractivity (Wildman–Crippen MR) is 117 cm³/mol. The van der Waals surface area contributed by atoms with E-state index in [1.165, 1.54) is 18.9 Å². The van der Waals surface area contributed by atoms with Gasteiger partial charge in [0.05, 0.1) is 25.3 Å². The van der Waals surface area contributed by atoms with E-state index in [2.05, 4.69) is 6.07 Å². The third kappa shape index (κ3) is 4.36. The average Bonchev–Trinajstić information content (AvgIpc) is 2.83. The number of rotatable bonds is 7. The third-order valence-electron chi connectivity index (χ3n) is 5.73. The van der Waals surface area contributed by atoms with Crippen molar-refractivity contribution < 1.29 is 34.6 Å². The van der Waals surface area contributed by atoms with Crippen LogP contribution in [0.5, 0.6) is 5.75 Å². The first-order chi connectivity index (χ1) is 15.3. The van der Waals surface area contributed by atoms with Gasteiger partial charge in [-0.1, -0.05) is 12.1 Å². The van der Waals surface area contributed by atoms with Crippen LogP contribution in [0.2, 0.25) is 0 Å². The molecule has 8 nitrogen and oxygen atoms in total. The van der Waals surface area contributed by atoms with E-state index < -0.39 is 36.8 Å². The lowest BCUT2D eigenvalue weighted by Crippen LogP contribution is -2.64. The smallest absolute Gasteiger partial charge is 0.225 e. The molecule has 1 fully saturated rings. The molecule has 0 spiro atoms. The van der Waals surface area contributed by atoms with E-state index in [-0.39, 0.29) is 0 Å². The Labute approximate surface area is 191 Å². The molecule has 0 saturated carbocycles. The predicted octanol–water partition coefficient (Wildman–Crippen LogP) is 1.15. The molecule has 5 atom stereocenters. The number of thioether (sulfide) groups is 1. The van der Waals surface area contributed by atoms with Gasteiger partial charge in [0.25, 0.3) is 0 Å². The van der Waals surface area contributed by atoms with Crippen molar-refractivity contribution in [3.63, 3.8) is 0 Å². The highest BCUT2D eigenvalue weighted by atomic mass is 32.2. The molecule has 1 saturated heterocycles. The van der Waals surface area contributed by atoms with Crippen LogP contribution < -0.4 is 4.74 Å².